The Labute approximate surface area is 145 Å². The van der Waals surface area contributed by atoms with E-state index >= 15 is 0 Å². The van der Waals surface area contributed by atoms with E-state index in [4.69, 9.17) is 5.11 Å². The number of carboxylic acids is 1. The Morgan fingerprint density at radius 2 is 2.12 bits per heavy atom. The highest BCUT2D eigenvalue weighted by atomic mass is 32.1. The van der Waals surface area contributed by atoms with Crippen LogP contribution in [0.4, 0.5) is 0 Å². The molecule has 1 saturated heterocycles. The van der Waals surface area contributed by atoms with Crippen LogP contribution in [0.1, 0.15) is 55.5 Å². The SMILES string of the molecule is CC(C)(C)CC(=O)N1CCCC1C(=O)NCc1nc(C(=O)O)cs1. The van der Waals surface area contributed by atoms with Crippen LogP contribution in [-0.2, 0) is 16.1 Å². The van der Waals surface area contributed by atoms with Gasteiger partial charge in [0.25, 0.3) is 0 Å². The summed E-state index contributed by atoms with van der Waals surface area (Å²) in [4.78, 5) is 41.2. The standard InChI is InChI=1S/C16H23N3O4S/c1-16(2,3)7-13(20)19-6-4-5-11(19)14(21)17-8-12-18-10(9-24-12)15(22)23/h9,11H,4-8H2,1-3H3,(H,17,21)(H,22,23). The Bertz CT molecular complexity index is 636. The lowest BCUT2D eigenvalue weighted by molar-refractivity contribution is -0.139. The van der Waals surface area contributed by atoms with Gasteiger partial charge in [0.1, 0.15) is 11.0 Å². The topological polar surface area (TPSA) is 99.6 Å². The number of thiazole rings is 1. The van der Waals surface area contributed by atoms with Crippen molar-refractivity contribution in [1.82, 2.24) is 15.2 Å². The van der Waals surface area contributed by atoms with Crippen LogP contribution in [0.15, 0.2) is 5.38 Å². The van der Waals surface area contributed by atoms with Crippen molar-refractivity contribution in [3.63, 3.8) is 0 Å². The summed E-state index contributed by atoms with van der Waals surface area (Å²) in [6.45, 7) is 6.78. The van der Waals surface area contributed by atoms with Crippen molar-refractivity contribution in [2.24, 2.45) is 5.41 Å². The summed E-state index contributed by atoms with van der Waals surface area (Å²) in [6.07, 6.45) is 1.87. The van der Waals surface area contributed by atoms with Crippen LogP contribution in [0.3, 0.4) is 0 Å². The van der Waals surface area contributed by atoms with Gasteiger partial charge in [-0.05, 0) is 18.3 Å². The maximum atomic E-state index is 12.4. The lowest BCUT2D eigenvalue weighted by Gasteiger charge is -2.27. The number of carbonyl (C=O) groups excluding carboxylic acids is 2. The molecule has 0 saturated carbocycles. The van der Waals surface area contributed by atoms with Gasteiger partial charge in [0.15, 0.2) is 5.69 Å². The van der Waals surface area contributed by atoms with Gasteiger partial charge in [0.05, 0.1) is 6.54 Å². The van der Waals surface area contributed by atoms with Gasteiger partial charge in [-0.25, -0.2) is 9.78 Å². The minimum atomic E-state index is -1.08. The number of rotatable bonds is 5. The third kappa shape index (κ3) is 4.77. The molecule has 1 aliphatic heterocycles. The Balaban J connectivity index is 1.92. The maximum absolute atomic E-state index is 12.4. The zero-order chi connectivity index (χ0) is 17.9. The minimum absolute atomic E-state index is 0.00237. The number of likely N-dealkylation sites (tertiary alicyclic amines) is 1. The fraction of sp³-hybridized carbons (Fsp3) is 0.625. The molecule has 8 heteroatoms. The zero-order valence-electron chi connectivity index (χ0n) is 14.2. The van der Waals surface area contributed by atoms with E-state index in [9.17, 15) is 14.4 Å². The van der Waals surface area contributed by atoms with Crippen molar-refractivity contribution in [3.05, 3.63) is 16.1 Å². The number of amides is 2. The third-order valence-corrected chi connectivity index (χ3v) is 4.59. The number of carboxylic acid groups (broad SMARTS) is 1. The summed E-state index contributed by atoms with van der Waals surface area (Å²) < 4.78 is 0. The molecule has 2 N–H and O–H groups in total. The van der Waals surface area contributed by atoms with Crippen LogP contribution in [0.25, 0.3) is 0 Å². The van der Waals surface area contributed by atoms with E-state index in [-0.39, 0.29) is 29.5 Å². The number of aromatic carboxylic acids is 1. The molecule has 1 unspecified atom stereocenters. The smallest absolute Gasteiger partial charge is 0.355 e. The molecule has 7 nitrogen and oxygen atoms in total. The van der Waals surface area contributed by atoms with Crippen molar-refractivity contribution in [3.8, 4) is 0 Å². The van der Waals surface area contributed by atoms with Crippen LogP contribution in [-0.4, -0.2) is 45.4 Å². The first kappa shape index (κ1) is 18.4. The lowest BCUT2D eigenvalue weighted by atomic mass is 9.91. The molecule has 0 bridgehead atoms. The molecular formula is C16H23N3O4S. The second kappa shape index (κ2) is 7.29. The molecule has 1 aliphatic rings. The highest BCUT2D eigenvalue weighted by Crippen LogP contribution is 2.25. The van der Waals surface area contributed by atoms with Crippen LogP contribution >= 0.6 is 11.3 Å². The van der Waals surface area contributed by atoms with Crippen molar-refractivity contribution < 1.29 is 19.5 Å². The monoisotopic (exact) mass is 353 g/mol. The molecular weight excluding hydrogens is 330 g/mol. The van der Waals surface area contributed by atoms with E-state index in [1.807, 2.05) is 20.8 Å². The summed E-state index contributed by atoms with van der Waals surface area (Å²) in [5.74, 6) is -1.29. The molecule has 1 atom stereocenters. The molecule has 132 valence electrons. The Hall–Kier alpha value is -1.96. The normalized spacial score (nSPS) is 17.8. The van der Waals surface area contributed by atoms with Gasteiger partial charge < -0.3 is 15.3 Å². The van der Waals surface area contributed by atoms with Gasteiger partial charge in [0, 0.05) is 18.3 Å². The van der Waals surface area contributed by atoms with Crippen molar-refractivity contribution in [2.45, 2.75) is 52.6 Å². The second-order valence-electron chi connectivity index (χ2n) is 7.13. The van der Waals surface area contributed by atoms with E-state index in [1.54, 1.807) is 4.90 Å². The number of carbonyl (C=O) groups is 3. The molecule has 24 heavy (non-hydrogen) atoms. The van der Waals surface area contributed by atoms with E-state index in [2.05, 4.69) is 10.3 Å². The molecule has 0 aromatic carbocycles. The molecule has 2 amide bonds. The number of hydrogen-bond acceptors (Lipinski definition) is 5. The second-order valence-corrected chi connectivity index (χ2v) is 8.07. The molecule has 1 aromatic heterocycles. The average molecular weight is 353 g/mol. The predicted molar refractivity (Wildman–Crippen MR) is 89.7 cm³/mol. The maximum Gasteiger partial charge on any atom is 0.355 e. The van der Waals surface area contributed by atoms with Gasteiger partial charge in [-0.2, -0.15) is 0 Å². The highest BCUT2D eigenvalue weighted by molar-refractivity contribution is 7.09. The van der Waals surface area contributed by atoms with Gasteiger partial charge in [0.2, 0.25) is 11.8 Å². The van der Waals surface area contributed by atoms with Gasteiger partial charge in [-0.3, -0.25) is 9.59 Å². The molecule has 1 aromatic rings. The lowest BCUT2D eigenvalue weighted by Crippen LogP contribution is -2.46. The van der Waals surface area contributed by atoms with Crippen molar-refractivity contribution in [1.29, 1.82) is 0 Å². The molecule has 0 aliphatic carbocycles. The van der Waals surface area contributed by atoms with Crippen LogP contribution < -0.4 is 5.32 Å². The number of nitrogens with zero attached hydrogens (tertiary/aromatic N) is 2. The van der Waals surface area contributed by atoms with E-state index in [0.29, 0.717) is 24.4 Å². The van der Waals surface area contributed by atoms with Crippen molar-refractivity contribution in [2.75, 3.05) is 6.54 Å². The first-order valence-corrected chi connectivity index (χ1v) is 8.80. The van der Waals surface area contributed by atoms with E-state index in [1.165, 1.54) is 16.7 Å². The summed E-state index contributed by atoms with van der Waals surface area (Å²) in [5.41, 5.74) is -0.137. The summed E-state index contributed by atoms with van der Waals surface area (Å²) in [7, 11) is 0. The average Bonchev–Trinajstić information content (AvgIpc) is 3.12. The number of hydrogen-bond donors (Lipinski definition) is 2. The quantitative estimate of drug-likeness (QED) is 0.842. The molecule has 0 radical (unpaired) electrons. The molecule has 1 fully saturated rings. The fourth-order valence-electron chi connectivity index (χ4n) is 2.66. The molecule has 0 spiro atoms. The zero-order valence-corrected chi connectivity index (χ0v) is 15.0. The Morgan fingerprint density at radius 3 is 2.71 bits per heavy atom. The van der Waals surface area contributed by atoms with Gasteiger partial charge >= 0.3 is 5.97 Å². The van der Waals surface area contributed by atoms with Crippen LogP contribution in [0.5, 0.6) is 0 Å². The van der Waals surface area contributed by atoms with E-state index in [0.717, 1.165) is 6.42 Å². The highest BCUT2D eigenvalue weighted by Gasteiger charge is 2.35. The Morgan fingerprint density at radius 1 is 1.42 bits per heavy atom. The summed E-state index contributed by atoms with van der Waals surface area (Å²) in [5, 5.41) is 13.6. The van der Waals surface area contributed by atoms with Crippen molar-refractivity contribution >= 4 is 29.1 Å². The number of aromatic nitrogens is 1. The van der Waals surface area contributed by atoms with Gasteiger partial charge in [-0.15, -0.1) is 11.3 Å². The van der Waals surface area contributed by atoms with Crippen LogP contribution in [0, 0.1) is 5.41 Å². The fourth-order valence-corrected chi connectivity index (χ4v) is 3.37. The number of nitrogens with one attached hydrogen (secondary N) is 1. The van der Waals surface area contributed by atoms with E-state index < -0.39 is 12.0 Å². The summed E-state index contributed by atoms with van der Waals surface area (Å²) in [6, 6.07) is -0.446. The summed E-state index contributed by atoms with van der Waals surface area (Å²) >= 11 is 1.19. The first-order valence-electron chi connectivity index (χ1n) is 7.92. The largest absolute Gasteiger partial charge is 0.476 e. The Kier molecular flexibility index (Phi) is 5.58. The molecule has 2 rings (SSSR count). The first-order chi connectivity index (χ1) is 11.2. The minimum Gasteiger partial charge on any atom is -0.476 e. The molecule has 2 heterocycles. The predicted octanol–water partition coefficient (Wildman–Crippen LogP) is 1.88. The van der Waals surface area contributed by atoms with Crippen LogP contribution in [0.2, 0.25) is 0 Å². The van der Waals surface area contributed by atoms with Gasteiger partial charge in [-0.1, -0.05) is 20.8 Å². The third-order valence-electron chi connectivity index (χ3n) is 3.74.